The summed E-state index contributed by atoms with van der Waals surface area (Å²) in [6.07, 6.45) is -11.4. The summed E-state index contributed by atoms with van der Waals surface area (Å²) in [6, 6.07) is 27.8. The van der Waals surface area contributed by atoms with Crippen molar-refractivity contribution < 1.29 is 145 Å². The van der Waals surface area contributed by atoms with Crippen LogP contribution in [0.15, 0.2) is 109 Å². The fourth-order valence-electron chi connectivity index (χ4n) is 10.0. The maximum absolute atomic E-state index is 13.8. The summed E-state index contributed by atoms with van der Waals surface area (Å²) in [6.45, 7) is 14.1. The van der Waals surface area contributed by atoms with Crippen LogP contribution in [0.2, 0.25) is 0 Å². The first-order chi connectivity index (χ1) is 48.6. The van der Waals surface area contributed by atoms with Gasteiger partial charge in [0.05, 0.1) is 73.0 Å². The molecule has 102 heavy (non-hydrogen) atoms. The molecule has 0 saturated carbocycles. The van der Waals surface area contributed by atoms with E-state index in [1.807, 2.05) is 0 Å². The molecule has 0 saturated heterocycles. The van der Waals surface area contributed by atoms with Crippen molar-refractivity contribution in [3.8, 4) is 0 Å². The minimum atomic E-state index is -1.75. The van der Waals surface area contributed by atoms with E-state index in [9.17, 15) is 57.5 Å². The fourth-order valence-corrected chi connectivity index (χ4v) is 10.0. The Morgan fingerprint density at radius 1 is 0.235 bits per heavy atom. The van der Waals surface area contributed by atoms with Gasteiger partial charge in [-0.1, -0.05) is 72.8 Å². The maximum Gasteiger partial charge on any atom is 0.549 e. The molecule has 6 rings (SSSR count). The lowest BCUT2D eigenvalue weighted by molar-refractivity contribution is -0.212. The third kappa shape index (κ3) is 22.9. The first-order valence-electron chi connectivity index (χ1n) is 31.3. The molecular weight excluding hydrogens is 1340 g/mol. The van der Waals surface area contributed by atoms with Crippen molar-refractivity contribution in [3.63, 3.8) is 0 Å². The van der Waals surface area contributed by atoms with Crippen LogP contribution in [-0.4, -0.2) is 112 Å². The Morgan fingerprint density at radius 3 is 0.608 bits per heavy atom. The number of carbonyl (C=O) groups excluding carboxylic acids is 12. The molecule has 30 heteroatoms. The van der Waals surface area contributed by atoms with Crippen LogP contribution in [0.4, 0.5) is 28.8 Å². The minimum Gasteiger partial charge on any atom is -0.432 e. The SMILES string of the molecule is Cc1cccc(C(=O)OOC(=O)OCCC(COC(=O)OOC(=O)c2cccc(C)c2C)C(COC(=O)OOC(=O)c2cccc(C)c2C)C(COC(=O)OOC(=O)c2cccc(C)c2C)C(CCOC(=O)OOC(=O)c2cccc(C)c2C)COC(=O)OOC(=O)c2cccc(C)c2C)c1C. The second kappa shape index (κ2) is 38.2. The van der Waals surface area contributed by atoms with Crippen molar-refractivity contribution >= 4 is 72.7 Å². The summed E-state index contributed by atoms with van der Waals surface area (Å²) in [7, 11) is 0. The monoisotopic (exact) mass is 1420 g/mol. The maximum atomic E-state index is 13.8. The largest absolute Gasteiger partial charge is 0.549 e. The second-order valence-electron chi connectivity index (χ2n) is 23.1. The molecule has 30 nitrogen and oxygen atoms in total. The Bertz CT molecular complexity index is 3820. The highest BCUT2D eigenvalue weighted by atomic mass is 17.3. The smallest absolute Gasteiger partial charge is 0.432 e. The zero-order valence-corrected chi connectivity index (χ0v) is 57.6. The number of benzene rings is 6. The van der Waals surface area contributed by atoms with E-state index >= 15 is 0 Å². The van der Waals surface area contributed by atoms with Crippen LogP contribution < -0.4 is 0 Å². The van der Waals surface area contributed by atoms with Gasteiger partial charge in [0.25, 0.3) is 0 Å². The highest BCUT2D eigenvalue weighted by Gasteiger charge is 2.40. The molecule has 0 heterocycles. The summed E-state index contributed by atoms with van der Waals surface area (Å²) in [5.74, 6) is -13.3. The molecule has 6 aromatic rings. The normalized spacial score (nSPS) is 11.8. The molecule has 4 atom stereocenters. The van der Waals surface area contributed by atoms with Gasteiger partial charge >= 0.3 is 72.7 Å². The highest BCUT2D eigenvalue weighted by molar-refractivity contribution is 5.94. The van der Waals surface area contributed by atoms with E-state index < -0.39 is 149 Å². The fraction of sp³-hybridized carbons (Fsp3) is 0.333. The van der Waals surface area contributed by atoms with Crippen molar-refractivity contribution in [2.24, 2.45) is 23.7 Å². The number of hydrogen-bond acceptors (Lipinski definition) is 30. The molecule has 0 aliphatic rings. The molecule has 0 aromatic heterocycles. The first-order valence-corrected chi connectivity index (χ1v) is 31.3. The van der Waals surface area contributed by atoms with E-state index in [1.54, 1.807) is 132 Å². The molecule has 0 spiro atoms. The number of rotatable bonds is 23. The van der Waals surface area contributed by atoms with E-state index in [0.29, 0.717) is 66.8 Å². The molecule has 0 amide bonds. The predicted molar refractivity (Wildman–Crippen MR) is 346 cm³/mol. The van der Waals surface area contributed by atoms with Crippen LogP contribution >= 0.6 is 0 Å². The third-order valence-corrected chi connectivity index (χ3v) is 16.9. The Balaban J connectivity index is 1.41. The molecule has 6 aromatic carbocycles. The summed E-state index contributed by atoms with van der Waals surface area (Å²) < 4.78 is 32.7. The van der Waals surface area contributed by atoms with Crippen molar-refractivity contribution in [2.45, 2.75) is 95.9 Å². The van der Waals surface area contributed by atoms with Gasteiger partial charge in [0.1, 0.15) is 0 Å². The number of hydrogen-bond donors (Lipinski definition) is 0. The molecule has 0 aliphatic heterocycles. The van der Waals surface area contributed by atoms with E-state index in [-0.39, 0.29) is 33.4 Å². The van der Waals surface area contributed by atoms with Gasteiger partial charge < -0.3 is 28.4 Å². The van der Waals surface area contributed by atoms with Crippen molar-refractivity contribution in [1.82, 2.24) is 0 Å². The highest BCUT2D eigenvalue weighted by Crippen LogP contribution is 2.35. The van der Waals surface area contributed by atoms with E-state index in [4.69, 9.17) is 77.3 Å². The zero-order chi connectivity index (χ0) is 74.7. The van der Waals surface area contributed by atoms with Crippen LogP contribution in [-0.2, 0) is 87.1 Å². The van der Waals surface area contributed by atoms with Gasteiger partial charge in [-0.3, -0.25) is 0 Å². The second-order valence-corrected chi connectivity index (χ2v) is 23.1. The summed E-state index contributed by atoms with van der Waals surface area (Å²) in [5, 5.41) is 0. The lowest BCUT2D eigenvalue weighted by Gasteiger charge is -2.36. The first kappa shape index (κ1) is 78.8. The van der Waals surface area contributed by atoms with Crippen LogP contribution in [0, 0.1) is 107 Å². The van der Waals surface area contributed by atoms with Crippen LogP contribution in [0.5, 0.6) is 0 Å². The Labute approximate surface area is 583 Å². The Hall–Kier alpha value is -12.2. The average Bonchev–Trinajstić information content (AvgIpc) is 0.855. The van der Waals surface area contributed by atoms with Crippen LogP contribution in [0.1, 0.15) is 142 Å². The Morgan fingerprint density at radius 2 is 0.412 bits per heavy atom. The quantitative estimate of drug-likeness (QED) is 0.0249. The molecule has 0 N–H and O–H groups in total. The summed E-state index contributed by atoms with van der Waals surface area (Å²) in [4.78, 5) is 218. The molecule has 0 aliphatic carbocycles. The molecule has 0 bridgehead atoms. The van der Waals surface area contributed by atoms with Gasteiger partial charge in [-0.25, -0.2) is 87.4 Å². The zero-order valence-electron chi connectivity index (χ0n) is 57.6. The molecule has 0 radical (unpaired) electrons. The topological polar surface area (TPSA) is 371 Å². The van der Waals surface area contributed by atoms with Gasteiger partial charge in [0.15, 0.2) is 0 Å². The van der Waals surface area contributed by atoms with Crippen LogP contribution in [0.25, 0.3) is 0 Å². The van der Waals surface area contributed by atoms with Crippen molar-refractivity contribution in [1.29, 1.82) is 0 Å². The minimum absolute atomic E-state index is 0.0121. The van der Waals surface area contributed by atoms with Gasteiger partial charge in [-0.2, -0.15) is 28.8 Å². The van der Waals surface area contributed by atoms with Gasteiger partial charge in [-0.15, -0.1) is 0 Å². The van der Waals surface area contributed by atoms with Crippen molar-refractivity contribution in [3.05, 3.63) is 209 Å². The lowest BCUT2D eigenvalue weighted by Crippen LogP contribution is -2.41. The number of carbonyl (C=O) groups is 12. The lowest BCUT2D eigenvalue weighted by atomic mass is 9.74. The molecular formula is C72H74O30. The van der Waals surface area contributed by atoms with E-state index in [2.05, 4.69) is 9.78 Å². The Kier molecular flexibility index (Phi) is 29.5. The van der Waals surface area contributed by atoms with E-state index in [0.717, 1.165) is 0 Å². The average molecular weight is 1420 g/mol. The van der Waals surface area contributed by atoms with Gasteiger partial charge in [0.2, 0.25) is 0 Å². The molecule has 4 unspecified atom stereocenters. The van der Waals surface area contributed by atoms with Crippen molar-refractivity contribution in [2.75, 3.05) is 39.6 Å². The summed E-state index contributed by atoms with van der Waals surface area (Å²) >= 11 is 0. The van der Waals surface area contributed by atoms with Crippen LogP contribution in [0.3, 0.4) is 0 Å². The van der Waals surface area contributed by atoms with Gasteiger partial charge in [0, 0.05) is 23.7 Å². The molecule has 0 fully saturated rings. The number of aryl methyl sites for hydroxylation is 6. The molecule has 542 valence electrons. The standard InChI is InChI=1S/C72H74O30/c1-39-19-13-25-53(45(39)7)61(73)91-97-67(79)85-33-31-51(35-87-69(81)99-93-63(75)55-27-15-21-41(3)47(55)9)59(37-89-71(83)101-95-65(77)57-29-17-23-43(5)49(57)11)60(38-90-72(84)102-96-66(78)58-30-18-24-44(6)50(58)12)52(36-88-70(82)100-94-64(76)56-28-16-22-42(4)48(56)10)32-34-86-68(80)98-92-62(74)54-26-14-20-40(2)46(54)8/h13-30,51-52,59-60H,31-38H2,1-12H3. The summed E-state index contributed by atoms with van der Waals surface area (Å²) in [5.41, 5.74) is 6.77. The van der Waals surface area contributed by atoms with Gasteiger partial charge in [-0.05, 0) is 199 Å². The van der Waals surface area contributed by atoms with E-state index in [1.165, 1.54) is 60.7 Å². The number of ether oxygens (including phenoxy) is 6. The predicted octanol–water partition coefficient (Wildman–Crippen LogP) is 13.5. The third-order valence-electron chi connectivity index (χ3n) is 16.9.